The van der Waals surface area contributed by atoms with Crippen molar-refractivity contribution in [2.45, 2.75) is 0 Å². The molecule has 0 saturated carbocycles. The van der Waals surface area contributed by atoms with Crippen LogP contribution in [0.3, 0.4) is 0 Å². The van der Waals surface area contributed by atoms with E-state index in [4.69, 9.17) is 18.6 Å². The summed E-state index contributed by atoms with van der Waals surface area (Å²) in [6.45, 7) is 0. The van der Waals surface area contributed by atoms with Gasteiger partial charge in [0.25, 0.3) is 0 Å². The molecule has 0 aliphatic heterocycles. The zero-order chi connectivity index (χ0) is 18.1. The van der Waals surface area contributed by atoms with Crippen LogP contribution in [-0.2, 0) is 0 Å². The molecule has 3 aromatic rings. The SMILES string of the molecule is COc1cc(-c2coc3cc(O)cc(OC)c3c2=O)cc(O)c1OC. The van der Waals surface area contributed by atoms with Crippen LogP contribution in [0.2, 0.25) is 0 Å². The molecule has 0 atom stereocenters. The molecule has 7 heteroatoms. The molecule has 0 bridgehead atoms. The highest BCUT2D eigenvalue weighted by Gasteiger charge is 2.18. The molecule has 0 aliphatic carbocycles. The minimum atomic E-state index is -0.371. The highest BCUT2D eigenvalue weighted by Crippen LogP contribution is 2.40. The molecule has 2 N–H and O–H groups in total. The highest BCUT2D eigenvalue weighted by atomic mass is 16.5. The Balaban J connectivity index is 2.31. The van der Waals surface area contributed by atoms with Crippen LogP contribution in [-0.4, -0.2) is 31.5 Å². The van der Waals surface area contributed by atoms with Crippen molar-refractivity contribution in [2.24, 2.45) is 0 Å². The average molecular weight is 344 g/mol. The normalized spacial score (nSPS) is 10.7. The van der Waals surface area contributed by atoms with E-state index in [1.54, 1.807) is 6.07 Å². The molecule has 0 saturated heterocycles. The highest BCUT2D eigenvalue weighted by molar-refractivity contribution is 5.88. The summed E-state index contributed by atoms with van der Waals surface area (Å²) < 4.78 is 20.9. The molecular weight excluding hydrogens is 328 g/mol. The molecule has 0 radical (unpaired) electrons. The van der Waals surface area contributed by atoms with E-state index >= 15 is 0 Å². The Hall–Kier alpha value is -3.35. The molecule has 2 aromatic carbocycles. The van der Waals surface area contributed by atoms with Crippen LogP contribution in [0, 0.1) is 0 Å². The van der Waals surface area contributed by atoms with Crippen LogP contribution < -0.4 is 19.6 Å². The molecule has 3 rings (SSSR count). The Labute approximate surface area is 142 Å². The second kappa shape index (κ2) is 6.27. The Kier molecular flexibility index (Phi) is 4.14. The number of hydrogen-bond donors (Lipinski definition) is 2. The number of aromatic hydroxyl groups is 2. The lowest BCUT2D eigenvalue weighted by Gasteiger charge is -2.12. The van der Waals surface area contributed by atoms with E-state index in [-0.39, 0.29) is 50.7 Å². The third kappa shape index (κ3) is 2.69. The predicted molar refractivity (Wildman–Crippen MR) is 90.9 cm³/mol. The second-order valence-corrected chi connectivity index (χ2v) is 5.23. The lowest BCUT2D eigenvalue weighted by atomic mass is 10.0. The molecule has 25 heavy (non-hydrogen) atoms. The van der Waals surface area contributed by atoms with Crippen LogP contribution in [0.15, 0.2) is 39.7 Å². The summed E-state index contributed by atoms with van der Waals surface area (Å²) >= 11 is 0. The Morgan fingerprint density at radius 2 is 1.64 bits per heavy atom. The van der Waals surface area contributed by atoms with Crippen molar-refractivity contribution in [1.82, 2.24) is 0 Å². The molecule has 1 aromatic heterocycles. The summed E-state index contributed by atoms with van der Waals surface area (Å²) in [6, 6.07) is 5.60. The predicted octanol–water partition coefficient (Wildman–Crippen LogP) is 2.90. The maximum absolute atomic E-state index is 12.9. The van der Waals surface area contributed by atoms with Gasteiger partial charge in [-0.05, 0) is 17.7 Å². The first-order chi connectivity index (χ1) is 12.0. The molecule has 7 nitrogen and oxygen atoms in total. The van der Waals surface area contributed by atoms with Crippen molar-refractivity contribution >= 4 is 11.0 Å². The van der Waals surface area contributed by atoms with E-state index in [9.17, 15) is 15.0 Å². The number of methoxy groups -OCH3 is 3. The van der Waals surface area contributed by atoms with Gasteiger partial charge < -0.3 is 28.8 Å². The number of fused-ring (bicyclic) bond motifs is 1. The zero-order valence-electron chi connectivity index (χ0n) is 13.8. The van der Waals surface area contributed by atoms with E-state index in [2.05, 4.69) is 0 Å². The monoisotopic (exact) mass is 344 g/mol. The van der Waals surface area contributed by atoms with Gasteiger partial charge in [0.2, 0.25) is 11.2 Å². The fourth-order valence-corrected chi connectivity index (χ4v) is 2.66. The quantitative estimate of drug-likeness (QED) is 0.751. The number of hydrogen-bond acceptors (Lipinski definition) is 7. The van der Waals surface area contributed by atoms with Crippen LogP contribution in [0.1, 0.15) is 0 Å². The zero-order valence-corrected chi connectivity index (χ0v) is 13.8. The molecular formula is C18H16O7. The molecule has 0 aliphatic rings. The summed E-state index contributed by atoms with van der Waals surface area (Å²) in [5, 5.41) is 20.0. The van der Waals surface area contributed by atoms with Crippen molar-refractivity contribution in [3.8, 4) is 39.9 Å². The summed E-state index contributed by atoms with van der Waals surface area (Å²) in [5.74, 6) is 0.377. The van der Waals surface area contributed by atoms with Crippen LogP contribution in [0.4, 0.5) is 0 Å². The molecule has 0 spiro atoms. The van der Waals surface area contributed by atoms with Gasteiger partial charge in [0.05, 0.1) is 26.9 Å². The fourth-order valence-electron chi connectivity index (χ4n) is 2.66. The molecule has 130 valence electrons. The van der Waals surface area contributed by atoms with E-state index < -0.39 is 0 Å². The van der Waals surface area contributed by atoms with Gasteiger partial charge in [0, 0.05) is 12.1 Å². The number of ether oxygens (including phenoxy) is 3. The Bertz CT molecular complexity index is 1000. The Morgan fingerprint density at radius 3 is 2.28 bits per heavy atom. The maximum Gasteiger partial charge on any atom is 0.204 e. The maximum atomic E-state index is 12.9. The van der Waals surface area contributed by atoms with Crippen molar-refractivity contribution < 1.29 is 28.8 Å². The molecule has 0 fully saturated rings. The van der Waals surface area contributed by atoms with E-state index in [1.807, 2.05) is 0 Å². The van der Waals surface area contributed by atoms with Crippen molar-refractivity contribution in [2.75, 3.05) is 21.3 Å². The lowest BCUT2D eigenvalue weighted by molar-refractivity contribution is 0.333. The van der Waals surface area contributed by atoms with Gasteiger partial charge in [-0.15, -0.1) is 0 Å². The minimum absolute atomic E-state index is 0.0796. The van der Waals surface area contributed by atoms with E-state index in [0.29, 0.717) is 5.56 Å². The topological polar surface area (TPSA) is 98.4 Å². The van der Waals surface area contributed by atoms with Gasteiger partial charge in [-0.2, -0.15) is 0 Å². The Morgan fingerprint density at radius 1 is 0.920 bits per heavy atom. The van der Waals surface area contributed by atoms with Crippen molar-refractivity contribution in [3.63, 3.8) is 0 Å². The molecule has 0 amide bonds. The first-order valence-electron chi connectivity index (χ1n) is 7.28. The van der Waals surface area contributed by atoms with Crippen LogP contribution in [0.25, 0.3) is 22.1 Å². The lowest BCUT2D eigenvalue weighted by Crippen LogP contribution is -2.06. The van der Waals surface area contributed by atoms with E-state index in [1.165, 1.54) is 45.8 Å². The third-order valence-corrected chi connectivity index (χ3v) is 3.82. The summed E-state index contributed by atoms with van der Waals surface area (Å²) in [5.41, 5.74) is 0.411. The summed E-state index contributed by atoms with van der Waals surface area (Å²) in [6.07, 6.45) is 1.25. The van der Waals surface area contributed by atoms with Gasteiger partial charge in [-0.25, -0.2) is 0 Å². The molecule has 0 unspecified atom stereocenters. The van der Waals surface area contributed by atoms with Gasteiger partial charge >= 0.3 is 0 Å². The number of phenols is 2. The van der Waals surface area contributed by atoms with Gasteiger partial charge in [-0.1, -0.05) is 0 Å². The summed E-state index contributed by atoms with van der Waals surface area (Å²) in [7, 11) is 4.22. The van der Waals surface area contributed by atoms with E-state index in [0.717, 1.165) is 0 Å². The van der Waals surface area contributed by atoms with Gasteiger partial charge in [0.15, 0.2) is 11.5 Å². The fraction of sp³-hybridized carbons (Fsp3) is 0.167. The first kappa shape index (κ1) is 16.5. The van der Waals surface area contributed by atoms with Gasteiger partial charge in [-0.3, -0.25) is 4.79 Å². The smallest absolute Gasteiger partial charge is 0.204 e. The third-order valence-electron chi connectivity index (χ3n) is 3.82. The van der Waals surface area contributed by atoms with Crippen molar-refractivity contribution in [1.29, 1.82) is 0 Å². The molecule has 1 heterocycles. The first-order valence-corrected chi connectivity index (χ1v) is 7.28. The summed E-state index contributed by atoms with van der Waals surface area (Å²) in [4.78, 5) is 12.9. The number of phenolic OH excluding ortho intramolecular Hbond substituents is 2. The number of rotatable bonds is 4. The number of benzene rings is 2. The average Bonchev–Trinajstić information content (AvgIpc) is 2.60. The largest absolute Gasteiger partial charge is 0.508 e. The minimum Gasteiger partial charge on any atom is -0.508 e. The van der Waals surface area contributed by atoms with Crippen molar-refractivity contribution in [3.05, 3.63) is 40.8 Å². The second-order valence-electron chi connectivity index (χ2n) is 5.23. The van der Waals surface area contributed by atoms with Gasteiger partial charge in [0.1, 0.15) is 28.7 Å². The standard InChI is InChI=1S/C18H16O7/c1-22-13-6-10(19)7-14-16(13)17(21)11(8-25-14)9-4-12(20)18(24-3)15(5-9)23-2/h4-8,19-20H,1-3H3. The van der Waals surface area contributed by atoms with Crippen LogP contribution in [0.5, 0.6) is 28.7 Å². The van der Waals surface area contributed by atoms with Crippen LogP contribution >= 0.6 is 0 Å².